The SMILES string of the molecule is COc1cc2ccc3[nH]cc(-c4ccccc4)c3c2cc1OC. The lowest BCUT2D eigenvalue weighted by molar-refractivity contribution is 0.356. The molecule has 3 heteroatoms. The van der Waals surface area contributed by atoms with Crippen molar-refractivity contribution in [2.45, 2.75) is 0 Å². The number of rotatable bonds is 3. The number of aromatic nitrogens is 1. The standard InChI is InChI=1S/C20H17NO2/c1-22-18-10-14-8-9-17-20(15(14)11-19(18)23-2)16(12-21-17)13-6-4-3-5-7-13/h3-12,21H,1-2H3. The van der Waals surface area contributed by atoms with Gasteiger partial charge in [-0.3, -0.25) is 0 Å². The summed E-state index contributed by atoms with van der Waals surface area (Å²) in [5.41, 5.74) is 3.50. The van der Waals surface area contributed by atoms with Gasteiger partial charge in [-0.1, -0.05) is 36.4 Å². The smallest absolute Gasteiger partial charge is 0.161 e. The molecule has 3 nitrogen and oxygen atoms in total. The number of ether oxygens (including phenoxy) is 2. The summed E-state index contributed by atoms with van der Waals surface area (Å²) >= 11 is 0. The van der Waals surface area contributed by atoms with Crippen LogP contribution in [0.5, 0.6) is 11.5 Å². The average Bonchev–Trinajstić information content (AvgIpc) is 3.05. The van der Waals surface area contributed by atoms with Crippen LogP contribution in [-0.4, -0.2) is 19.2 Å². The van der Waals surface area contributed by atoms with Crippen molar-refractivity contribution in [2.75, 3.05) is 14.2 Å². The van der Waals surface area contributed by atoms with Gasteiger partial charge in [0.2, 0.25) is 0 Å². The van der Waals surface area contributed by atoms with Crippen molar-refractivity contribution in [3.8, 4) is 22.6 Å². The van der Waals surface area contributed by atoms with Crippen LogP contribution >= 0.6 is 0 Å². The summed E-state index contributed by atoms with van der Waals surface area (Å²) in [6.07, 6.45) is 2.07. The van der Waals surface area contributed by atoms with Crippen LogP contribution in [0.2, 0.25) is 0 Å². The molecule has 0 amide bonds. The van der Waals surface area contributed by atoms with Gasteiger partial charge in [0.25, 0.3) is 0 Å². The van der Waals surface area contributed by atoms with Crippen molar-refractivity contribution in [3.05, 3.63) is 60.8 Å². The van der Waals surface area contributed by atoms with E-state index in [1.54, 1.807) is 14.2 Å². The van der Waals surface area contributed by atoms with Crippen LogP contribution in [0.3, 0.4) is 0 Å². The fraction of sp³-hybridized carbons (Fsp3) is 0.100. The second-order valence-corrected chi connectivity index (χ2v) is 5.48. The summed E-state index contributed by atoms with van der Waals surface area (Å²) in [7, 11) is 3.33. The highest BCUT2D eigenvalue weighted by molar-refractivity contribution is 6.14. The van der Waals surface area contributed by atoms with Crippen LogP contribution in [0.4, 0.5) is 0 Å². The number of fused-ring (bicyclic) bond motifs is 3. The van der Waals surface area contributed by atoms with E-state index in [4.69, 9.17) is 9.47 Å². The highest BCUT2D eigenvalue weighted by atomic mass is 16.5. The lowest BCUT2D eigenvalue weighted by Crippen LogP contribution is -1.90. The predicted octanol–water partition coefficient (Wildman–Crippen LogP) is 5.01. The van der Waals surface area contributed by atoms with E-state index in [9.17, 15) is 0 Å². The molecule has 1 heterocycles. The summed E-state index contributed by atoms with van der Waals surface area (Å²) in [4.78, 5) is 3.37. The maximum absolute atomic E-state index is 5.48. The maximum atomic E-state index is 5.48. The van der Waals surface area contributed by atoms with Gasteiger partial charge in [0.1, 0.15) is 0 Å². The topological polar surface area (TPSA) is 34.2 Å². The Kier molecular flexibility index (Phi) is 3.19. The molecular weight excluding hydrogens is 286 g/mol. The second-order valence-electron chi connectivity index (χ2n) is 5.48. The normalized spacial score (nSPS) is 11.0. The van der Waals surface area contributed by atoms with E-state index in [0.717, 1.165) is 27.8 Å². The van der Waals surface area contributed by atoms with Crippen molar-refractivity contribution in [3.63, 3.8) is 0 Å². The fourth-order valence-electron chi connectivity index (χ4n) is 3.13. The lowest BCUT2D eigenvalue weighted by Gasteiger charge is -2.10. The predicted molar refractivity (Wildman–Crippen MR) is 94.3 cm³/mol. The molecule has 23 heavy (non-hydrogen) atoms. The fourth-order valence-corrected chi connectivity index (χ4v) is 3.13. The third kappa shape index (κ3) is 2.13. The molecule has 3 aromatic carbocycles. The largest absolute Gasteiger partial charge is 0.493 e. The van der Waals surface area contributed by atoms with Gasteiger partial charge in [-0.05, 0) is 34.5 Å². The number of hydrogen-bond donors (Lipinski definition) is 1. The monoisotopic (exact) mass is 303 g/mol. The molecule has 0 saturated carbocycles. The summed E-state index contributed by atoms with van der Waals surface area (Å²) in [5.74, 6) is 1.49. The van der Waals surface area contributed by atoms with Crippen molar-refractivity contribution >= 4 is 21.7 Å². The molecule has 0 unspecified atom stereocenters. The third-order valence-corrected chi connectivity index (χ3v) is 4.25. The summed E-state index contributed by atoms with van der Waals surface area (Å²) < 4.78 is 10.9. The van der Waals surface area contributed by atoms with Crippen LogP contribution in [0, 0.1) is 0 Å². The molecule has 4 rings (SSSR count). The molecule has 0 spiro atoms. The van der Waals surface area contributed by atoms with Gasteiger partial charge in [-0.25, -0.2) is 0 Å². The molecule has 0 aliphatic carbocycles. The van der Waals surface area contributed by atoms with Crippen LogP contribution in [0.1, 0.15) is 0 Å². The van der Waals surface area contributed by atoms with Crippen molar-refractivity contribution in [1.82, 2.24) is 4.98 Å². The first kappa shape index (κ1) is 13.7. The van der Waals surface area contributed by atoms with E-state index < -0.39 is 0 Å². The Labute approximate surface area is 134 Å². The number of H-pyrrole nitrogens is 1. The molecule has 0 radical (unpaired) electrons. The van der Waals surface area contributed by atoms with E-state index in [1.807, 2.05) is 12.1 Å². The van der Waals surface area contributed by atoms with E-state index >= 15 is 0 Å². The van der Waals surface area contributed by atoms with Crippen LogP contribution in [0.25, 0.3) is 32.8 Å². The zero-order chi connectivity index (χ0) is 15.8. The highest BCUT2D eigenvalue weighted by Gasteiger charge is 2.13. The Morgan fingerprint density at radius 1 is 0.826 bits per heavy atom. The van der Waals surface area contributed by atoms with Gasteiger partial charge in [-0.15, -0.1) is 0 Å². The van der Waals surface area contributed by atoms with E-state index in [2.05, 4.69) is 53.6 Å². The van der Waals surface area contributed by atoms with Crippen molar-refractivity contribution in [2.24, 2.45) is 0 Å². The van der Waals surface area contributed by atoms with Gasteiger partial charge in [-0.2, -0.15) is 0 Å². The first-order chi connectivity index (χ1) is 11.3. The Morgan fingerprint density at radius 2 is 1.57 bits per heavy atom. The lowest BCUT2D eigenvalue weighted by atomic mass is 9.99. The molecule has 0 atom stereocenters. The minimum Gasteiger partial charge on any atom is -0.493 e. The Morgan fingerprint density at radius 3 is 2.30 bits per heavy atom. The molecule has 0 aliphatic heterocycles. The van der Waals surface area contributed by atoms with Crippen LogP contribution in [-0.2, 0) is 0 Å². The molecule has 0 fully saturated rings. The highest BCUT2D eigenvalue weighted by Crippen LogP contribution is 2.39. The average molecular weight is 303 g/mol. The molecule has 1 N–H and O–H groups in total. The molecule has 0 bridgehead atoms. The van der Waals surface area contributed by atoms with Gasteiger partial charge in [0, 0.05) is 22.7 Å². The minimum absolute atomic E-state index is 0.743. The van der Waals surface area contributed by atoms with Gasteiger partial charge in [0.05, 0.1) is 14.2 Å². The van der Waals surface area contributed by atoms with Gasteiger partial charge in [0.15, 0.2) is 11.5 Å². The summed E-state index contributed by atoms with van der Waals surface area (Å²) in [6.45, 7) is 0. The molecule has 114 valence electrons. The first-order valence-corrected chi connectivity index (χ1v) is 7.53. The number of hydrogen-bond acceptors (Lipinski definition) is 2. The Bertz CT molecular complexity index is 987. The summed E-state index contributed by atoms with van der Waals surface area (Å²) in [6, 6.07) is 18.7. The van der Waals surface area contributed by atoms with E-state index in [-0.39, 0.29) is 0 Å². The third-order valence-electron chi connectivity index (χ3n) is 4.25. The molecular formula is C20H17NO2. The molecule has 0 aliphatic rings. The second kappa shape index (κ2) is 5.36. The molecule has 0 saturated heterocycles. The van der Waals surface area contributed by atoms with E-state index in [0.29, 0.717) is 0 Å². The zero-order valence-electron chi connectivity index (χ0n) is 13.1. The number of methoxy groups -OCH3 is 2. The minimum atomic E-state index is 0.743. The van der Waals surface area contributed by atoms with Crippen LogP contribution in [0.15, 0.2) is 60.8 Å². The van der Waals surface area contributed by atoms with Gasteiger partial charge >= 0.3 is 0 Å². The maximum Gasteiger partial charge on any atom is 0.161 e. The Hall–Kier alpha value is -2.94. The number of benzene rings is 3. The van der Waals surface area contributed by atoms with Crippen molar-refractivity contribution < 1.29 is 9.47 Å². The zero-order valence-corrected chi connectivity index (χ0v) is 13.1. The quantitative estimate of drug-likeness (QED) is 0.577. The van der Waals surface area contributed by atoms with Crippen molar-refractivity contribution in [1.29, 1.82) is 0 Å². The number of aromatic amines is 1. The van der Waals surface area contributed by atoms with E-state index in [1.165, 1.54) is 16.5 Å². The first-order valence-electron chi connectivity index (χ1n) is 7.53. The molecule has 4 aromatic rings. The number of nitrogens with one attached hydrogen (secondary N) is 1. The van der Waals surface area contributed by atoms with Gasteiger partial charge < -0.3 is 14.5 Å². The van der Waals surface area contributed by atoms with Crippen LogP contribution < -0.4 is 9.47 Å². The summed E-state index contributed by atoms with van der Waals surface area (Å²) in [5, 5.41) is 3.49. The Balaban J connectivity index is 2.09. The molecule has 1 aromatic heterocycles.